The minimum atomic E-state index is -3.59. The minimum Gasteiger partial charge on any atom is -0.207 e. The molecule has 0 bridgehead atoms. The number of hydrogen-bond donors (Lipinski definition) is 0. The molecule has 0 radical (unpaired) electrons. The standard InChI is InChI=1S/C22H26FNO2S/c23-20-9-4-8-19(16-20)22-10-5-15-24(22)27(25,26)21-13-11-18(12-14-21)17-6-2-1-3-7-17/h4,8-9,11-14,16-17,22H,1-3,5-7,10,15H2. The Bertz CT molecular complexity index is 889. The second-order valence-electron chi connectivity index (χ2n) is 7.73. The van der Waals surface area contributed by atoms with E-state index in [9.17, 15) is 12.8 Å². The van der Waals surface area contributed by atoms with Crippen molar-refractivity contribution in [2.24, 2.45) is 0 Å². The maximum Gasteiger partial charge on any atom is 0.243 e. The third kappa shape index (κ3) is 3.81. The van der Waals surface area contributed by atoms with Gasteiger partial charge in [0.2, 0.25) is 10.0 Å². The molecule has 1 unspecified atom stereocenters. The second-order valence-corrected chi connectivity index (χ2v) is 9.62. The smallest absolute Gasteiger partial charge is 0.207 e. The molecule has 2 aliphatic rings. The molecule has 1 atom stereocenters. The molecule has 0 aromatic heterocycles. The Morgan fingerprint density at radius 3 is 2.30 bits per heavy atom. The molecule has 3 nitrogen and oxygen atoms in total. The van der Waals surface area contributed by atoms with Crippen LogP contribution < -0.4 is 0 Å². The number of halogens is 1. The predicted octanol–water partition coefficient (Wildman–Crippen LogP) is 5.40. The van der Waals surface area contributed by atoms with E-state index in [1.165, 1.54) is 54.1 Å². The summed E-state index contributed by atoms with van der Waals surface area (Å²) in [6.45, 7) is 0.480. The first-order valence-corrected chi connectivity index (χ1v) is 11.4. The van der Waals surface area contributed by atoms with Gasteiger partial charge in [-0.05, 0) is 67.0 Å². The summed E-state index contributed by atoms with van der Waals surface area (Å²) in [5.74, 6) is 0.232. The van der Waals surface area contributed by atoms with E-state index >= 15 is 0 Å². The first-order chi connectivity index (χ1) is 13.1. The summed E-state index contributed by atoms with van der Waals surface area (Å²) in [5, 5.41) is 0. The molecular weight excluding hydrogens is 361 g/mol. The molecule has 1 aliphatic heterocycles. The van der Waals surface area contributed by atoms with Crippen molar-refractivity contribution in [2.75, 3.05) is 6.54 Å². The SMILES string of the molecule is O=S(=O)(c1ccc(C2CCCCC2)cc1)N1CCCC1c1cccc(F)c1. The van der Waals surface area contributed by atoms with Gasteiger partial charge >= 0.3 is 0 Å². The van der Waals surface area contributed by atoms with Gasteiger partial charge < -0.3 is 0 Å². The molecule has 2 aromatic rings. The van der Waals surface area contributed by atoms with Crippen molar-refractivity contribution in [3.63, 3.8) is 0 Å². The van der Waals surface area contributed by atoms with Gasteiger partial charge in [0.15, 0.2) is 0 Å². The highest BCUT2D eigenvalue weighted by Crippen LogP contribution is 2.38. The lowest BCUT2D eigenvalue weighted by atomic mass is 9.84. The average molecular weight is 388 g/mol. The van der Waals surface area contributed by atoms with Crippen molar-refractivity contribution >= 4 is 10.0 Å². The zero-order valence-electron chi connectivity index (χ0n) is 15.5. The van der Waals surface area contributed by atoms with E-state index < -0.39 is 10.0 Å². The number of rotatable bonds is 4. The van der Waals surface area contributed by atoms with E-state index in [4.69, 9.17) is 0 Å². The Kier molecular flexibility index (Phi) is 5.33. The van der Waals surface area contributed by atoms with Crippen LogP contribution in [-0.2, 0) is 10.0 Å². The van der Waals surface area contributed by atoms with Crippen LogP contribution in [0, 0.1) is 5.82 Å². The van der Waals surface area contributed by atoms with Crippen molar-refractivity contribution < 1.29 is 12.8 Å². The molecule has 0 amide bonds. The highest BCUT2D eigenvalue weighted by Gasteiger charge is 2.36. The Labute approximate surface area is 161 Å². The molecule has 2 aromatic carbocycles. The first kappa shape index (κ1) is 18.6. The van der Waals surface area contributed by atoms with E-state index in [0.717, 1.165) is 18.4 Å². The van der Waals surface area contributed by atoms with Gasteiger partial charge in [0, 0.05) is 6.54 Å². The zero-order chi connectivity index (χ0) is 18.9. The lowest BCUT2D eigenvalue weighted by Crippen LogP contribution is -2.30. The fraction of sp³-hybridized carbons (Fsp3) is 0.455. The van der Waals surface area contributed by atoms with Gasteiger partial charge in [-0.2, -0.15) is 4.31 Å². The van der Waals surface area contributed by atoms with Crippen LogP contribution in [0.1, 0.15) is 68.0 Å². The van der Waals surface area contributed by atoms with Gasteiger partial charge in [0.05, 0.1) is 10.9 Å². The molecule has 144 valence electrons. The van der Waals surface area contributed by atoms with Crippen molar-refractivity contribution in [1.29, 1.82) is 0 Å². The summed E-state index contributed by atoms with van der Waals surface area (Å²) in [6.07, 6.45) is 7.73. The zero-order valence-corrected chi connectivity index (χ0v) is 16.3. The van der Waals surface area contributed by atoms with Crippen molar-refractivity contribution in [1.82, 2.24) is 4.31 Å². The summed E-state index contributed by atoms with van der Waals surface area (Å²) < 4.78 is 41.6. The van der Waals surface area contributed by atoms with Gasteiger partial charge in [0.1, 0.15) is 5.82 Å². The van der Waals surface area contributed by atoms with Gasteiger partial charge in [-0.25, -0.2) is 12.8 Å². The maximum atomic E-state index is 13.6. The predicted molar refractivity (Wildman–Crippen MR) is 105 cm³/mol. The molecule has 5 heteroatoms. The van der Waals surface area contributed by atoms with Crippen LogP contribution in [0.15, 0.2) is 53.4 Å². The highest BCUT2D eigenvalue weighted by molar-refractivity contribution is 7.89. The first-order valence-electron chi connectivity index (χ1n) is 9.93. The molecule has 1 saturated heterocycles. The van der Waals surface area contributed by atoms with Gasteiger partial charge in [-0.3, -0.25) is 0 Å². The van der Waals surface area contributed by atoms with E-state index in [2.05, 4.69) is 0 Å². The lowest BCUT2D eigenvalue weighted by molar-refractivity contribution is 0.395. The van der Waals surface area contributed by atoms with E-state index in [1.807, 2.05) is 18.2 Å². The third-order valence-electron chi connectivity index (χ3n) is 6.00. The van der Waals surface area contributed by atoms with Gasteiger partial charge in [-0.15, -0.1) is 0 Å². The molecule has 0 N–H and O–H groups in total. The van der Waals surface area contributed by atoms with Crippen LogP contribution in [0.3, 0.4) is 0 Å². The monoisotopic (exact) mass is 387 g/mol. The fourth-order valence-electron chi connectivity index (χ4n) is 4.56. The summed E-state index contributed by atoms with van der Waals surface area (Å²) in [4.78, 5) is 0.338. The molecule has 1 heterocycles. The lowest BCUT2D eigenvalue weighted by Gasteiger charge is -2.25. The quantitative estimate of drug-likeness (QED) is 0.704. The Hall–Kier alpha value is -1.72. The van der Waals surface area contributed by atoms with Crippen LogP contribution >= 0.6 is 0 Å². The number of nitrogens with zero attached hydrogens (tertiary/aromatic N) is 1. The van der Waals surface area contributed by atoms with Crippen molar-refractivity contribution in [3.8, 4) is 0 Å². The number of sulfonamides is 1. The maximum absolute atomic E-state index is 13.6. The van der Waals surface area contributed by atoms with Gasteiger partial charge in [0.25, 0.3) is 0 Å². The van der Waals surface area contributed by atoms with Crippen LogP contribution in [0.25, 0.3) is 0 Å². The van der Waals surface area contributed by atoms with Crippen LogP contribution in [0.5, 0.6) is 0 Å². The topological polar surface area (TPSA) is 37.4 Å². The third-order valence-corrected chi connectivity index (χ3v) is 7.92. The van der Waals surface area contributed by atoms with E-state index in [0.29, 0.717) is 17.4 Å². The molecule has 4 rings (SSSR count). The molecular formula is C22H26FNO2S. The Morgan fingerprint density at radius 1 is 0.852 bits per heavy atom. The second kappa shape index (κ2) is 7.72. The molecule has 27 heavy (non-hydrogen) atoms. The summed E-state index contributed by atoms with van der Waals surface area (Å²) >= 11 is 0. The van der Waals surface area contributed by atoms with Crippen LogP contribution in [-0.4, -0.2) is 19.3 Å². The van der Waals surface area contributed by atoms with E-state index in [1.54, 1.807) is 18.2 Å². The van der Waals surface area contributed by atoms with Crippen molar-refractivity contribution in [3.05, 3.63) is 65.5 Å². The summed E-state index contributed by atoms with van der Waals surface area (Å²) in [5.41, 5.74) is 1.98. The molecule has 1 saturated carbocycles. The van der Waals surface area contributed by atoms with Crippen LogP contribution in [0.4, 0.5) is 4.39 Å². The van der Waals surface area contributed by atoms with Crippen LogP contribution in [0.2, 0.25) is 0 Å². The van der Waals surface area contributed by atoms with E-state index in [-0.39, 0.29) is 11.9 Å². The molecule has 0 spiro atoms. The number of benzene rings is 2. The van der Waals surface area contributed by atoms with Crippen molar-refractivity contribution in [2.45, 2.75) is 61.8 Å². The summed E-state index contributed by atoms with van der Waals surface area (Å²) in [7, 11) is -3.59. The highest BCUT2D eigenvalue weighted by atomic mass is 32.2. The normalized spacial score (nSPS) is 22.2. The molecule has 2 fully saturated rings. The minimum absolute atomic E-state index is 0.288. The Morgan fingerprint density at radius 2 is 1.59 bits per heavy atom. The fourth-order valence-corrected chi connectivity index (χ4v) is 6.24. The Balaban J connectivity index is 1.58. The van der Waals surface area contributed by atoms with Gasteiger partial charge in [-0.1, -0.05) is 43.5 Å². The summed E-state index contributed by atoms with van der Waals surface area (Å²) in [6, 6.07) is 13.5. The number of hydrogen-bond acceptors (Lipinski definition) is 2. The molecule has 1 aliphatic carbocycles. The largest absolute Gasteiger partial charge is 0.243 e. The average Bonchev–Trinajstić information content (AvgIpc) is 3.20.